The third-order valence-electron chi connectivity index (χ3n) is 4.73. The van der Waals surface area contributed by atoms with Gasteiger partial charge in [0.2, 0.25) is 5.91 Å². The van der Waals surface area contributed by atoms with Crippen LogP contribution in [-0.4, -0.2) is 46.1 Å². The Hall–Kier alpha value is -2.06. The Kier molecular flexibility index (Phi) is 5.83. The number of rotatable bonds is 5. The van der Waals surface area contributed by atoms with E-state index in [1.165, 1.54) is 11.3 Å². The SMILES string of the molecule is CCCN1CCC(=NNC(=O)Cc2nc3sc(C)c(C)c3c(=O)[nH]2)CC1. The fraction of sp³-hybridized carbons (Fsp3) is 0.556. The van der Waals surface area contributed by atoms with E-state index >= 15 is 0 Å². The highest BCUT2D eigenvalue weighted by Gasteiger charge is 2.16. The van der Waals surface area contributed by atoms with Crippen molar-refractivity contribution in [1.29, 1.82) is 0 Å². The third kappa shape index (κ3) is 4.19. The molecule has 3 heterocycles. The normalized spacial score (nSPS) is 15.4. The molecule has 1 aliphatic rings. The van der Waals surface area contributed by atoms with Gasteiger partial charge >= 0.3 is 0 Å². The predicted molar refractivity (Wildman–Crippen MR) is 105 cm³/mol. The summed E-state index contributed by atoms with van der Waals surface area (Å²) in [6.07, 6.45) is 2.94. The van der Waals surface area contributed by atoms with Crippen LogP contribution in [0.5, 0.6) is 0 Å². The molecule has 1 aliphatic heterocycles. The summed E-state index contributed by atoms with van der Waals surface area (Å²) in [5.74, 6) is 0.111. The Morgan fingerprint density at radius 3 is 2.77 bits per heavy atom. The molecule has 0 spiro atoms. The van der Waals surface area contributed by atoms with Crippen molar-refractivity contribution < 1.29 is 4.79 Å². The molecule has 7 nitrogen and oxygen atoms in total. The number of aromatic amines is 1. The molecule has 0 radical (unpaired) electrons. The molecule has 26 heavy (non-hydrogen) atoms. The van der Waals surface area contributed by atoms with Gasteiger partial charge in [-0.15, -0.1) is 11.3 Å². The van der Waals surface area contributed by atoms with Crippen LogP contribution in [0.2, 0.25) is 0 Å². The van der Waals surface area contributed by atoms with Gasteiger partial charge in [-0.3, -0.25) is 9.59 Å². The van der Waals surface area contributed by atoms with Gasteiger partial charge < -0.3 is 9.88 Å². The van der Waals surface area contributed by atoms with Crippen LogP contribution in [0.4, 0.5) is 0 Å². The number of aryl methyl sites for hydroxylation is 2. The van der Waals surface area contributed by atoms with Crippen LogP contribution in [0.1, 0.15) is 42.5 Å². The summed E-state index contributed by atoms with van der Waals surface area (Å²) >= 11 is 1.48. The van der Waals surface area contributed by atoms with Crippen LogP contribution in [0.15, 0.2) is 9.90 Å². The van der Waals surface area contributed by atoms with Crippen molar-refractivity contribution in [3.8, 4) is 0 Å². The topological polar surface area (TPSA) is 90.4 Å². The quantitative estimate of drug-likeness (QED) is 0.783. The van der Waals surface area contributed by atoms with E-state index in [1.54, 1.807) is 0 Å². The van der Waals surface area contributed by atoms with Crippen molar-refractivity contribution in [2.24, 2.45) is 5.10 Å². The summed E-state index contributed by atoms with van der Waals surface area (Å²) in [5.41, 5.74) is 4.39. The van der Waals surface area contributed by atoms with Gasteiger partial charge in [-0.25, -0.2) is 10.4 Å². The van der Waals surface area contributed by atoms with E-state index < -0.39 is 0 Å². The van der Waals surface area contributed by atoms with Gasteiger partial charge in [0.15, 0.2) is 0 Å². The molecule has 8 heteroatoms. The highest BCUT2D eigenvalue weighted by Crippen LogP contribution is 2.25. The Balaban J connectivity index is 1.61. The first-order chi connectivity index (χ1) is 12.5. The molecule has 2 aromatic rings. The van der Waals surface area contributed by atoms with Gasteiger partial charge in [0.05, 0.1) is 11.8 Å². The minimum atomic E-state index is -0.263. The maximum atomic E-state index is 12.3. The minimum absolute atomic E-state index is 0.0138. The van der Waals surface area contributed by atoms with Crippen LogP contribution in [0.25, 0.3) is 10.2 Å². The van der Waals surface area contributed by atoms with Crippen molar-refractivity contribution in [2.75, 3.05) is 19.6 Å². The first kappa shape index (κ1) is 18.7. The van der Waals surface area contributed by atoms with E-state index in [-0.39, 0.29) is 17.9 Å². The molecule has 0 saturated carbocycles. The smallest absolute Gasteiger partial charge is 0.259 e. The number of H-pyrrole nitrogens is 1. The van der Waals surface area contributed by atoms with Crippen molar-refractivity contribution >= 4 is 33.2 Å². The molecule has 2 N–H and O–H groups in total. The van der Waals surface area contributed by atoms with Crippen molar-refractivity contribution in [3.05, 3.63) is 26.6 Å². The Labute approximate surface area is 156 Å². The van der Waals surface area contributed by atoms with Crippen LogP contribution >= 0.6 is 11.3 Å². The van der Waals surface area contributed by atoms with Gasteiger partial charge in [-0.1, -0.05) is 6.92 Å². The zero-order chi connectivity index (χ0) is 18.7. The number of piperidine rings is 1. The summed E-state index contributed by atoms with van der Waals surface area (Å²) < 4.78 is 0. The second-order valence-corrected chi connectivity index (χ2v) is 7.91. The number of hydrazone groups is 1. The minimum Gasteiger partial charge on any atom is -0.309 e. The number of hydrogen-bond donors (Lipinski definition) is 2. The van der Waals surface area contributed by atoms with E-state index in [1.807, 2.05) is 13.8 Å². The maximum absolute atomic E-state index is 12.3. The van der Waals surface area contributed by atoms with Crippen molar-refractivity contribution in [1.82, 2.24) is 20.3 Å². The van der Waals surface area contributed by atoms with E-state index in [9.17, 15) is 9.59 Å². The second-order valence-electron chi connectivity index (χ2n) is 6.71. The summed E-state index contributed by atoms with van der Waals surface area (Å²) in [5, 5.41) is 4.87. The first-order valence-electron chi connectivity index (χ1n) is 9.03. The number of amides is 1. The summed E-state index contributed by atoms with van der Waals surface area (Å²) in [6.45, 7) is 9.16. The maximum Gasteiger partial charge on any atom is 0.259 e. The molecular formula is C18H25N5O2S. The van der Waals surface area contributed by atoms with Gasteiger partial charge in [0.1, 0.15) is 10.7 Å². The summed E-state index contributed by atoms with van der Waals surface area (Å²) in [6, 6.07) is 0. The molecule has 140 valence electrons. The molecule has 1 amide bonds. The zero-order valence-electron chi connectivity index (χ0n) is 15.5. The van der Waals surface area contributed by atoms with Crippen LogP contribution in [0, 0.1) is 13.8 Å². The number of carbonyl (C=O) groups is 1. The van der Waals surface area contributed by atoms with Crippen LogP contribution in [-0.2, 0) is 11.2 Å². The number of fused-ring (bicyclic) bond motifs is 1. The molecular weight excluding hydrogens is 350 g/mol. The Morgan fingerprint density at radius 1 is 1.35 bits per heavy atom. The highest BCUT2D eigenvalue weighted by atomic mass is 32.1. The van der Waals surface area contributed by atoms with Crippen molar-refractivity contribution in [3.63, 3.8) is 0 Å². The molecule has 2 aromatic heterocycles. The first-order valence-corrected chi connectivity index (χ1v) is 9.85. The van der Waals surface area contributed by atoms with Gasteiger partial charge in [0.25, 0.3) is 5.56 Å². The van der Waals surface area contributed by atoms with Crippen LogP contribution in [0.3, 0.4) is 0 Å². The zero-order valence-corrected chi connectivity index (χ0v) is 16.3. The lowest BCUT2D eigenvalue weighted by Gasteiger charge is -2.26. The van der Waals surface area contributed by atoms with E-state index in [4.69, 9.17) is 0 Å². The molecule has 1 fully saturated rings. The fourth-order valence-corrected chi connectivity index (χ4v) is 4.23. The molecule has 0 aromatic carbocycles. The van der Waals surface area contributed by atoms with Crippen molar-refractivity contribution in [2.45, 2.75) is 46.5 Å². The molecule has 1 saturated heterocycles. The lowest BCUT2D eigenvalue weighted by Crippen LogP contribution is -2.35. The number of likely N-dealkylation sites (tertiary alicyclic amines) is 1. The molecule has 0 atom stereocenters. The number of nitrogens with one attached hydrogen (secondary N) is 2. The molecule has 0 unspecified atom stereocenters. The Morgan fingerprint density at radius 2 is 2.08 bits per heavy atom. The number of thiophene rings is 1. The number of hydrogen-bond acceptors (Lipinski definition) is 6. The van der Waals surface area contributed by atoms with E-state index in [2.05, 4.69) is 32.3 Å². The molecule has 3 rings (SSSR count). The standard InChI is InChI=1S/C18H25N5O2S/c1-4-7-23-8-5-13(6-9-23)21-22-15(24)10-14-19-17(25)16-11(2)12(3)26-18(16)20-14/h4-10H2,1-3H3,(H,22,24)(H,19,20,25). The number of aromatic nitrogens is 2. The lowest BCUT2D eigenvalue weighted by molar-refractivity contribution is -0.120. The highest BCUT2D eigenvalue weighted by molar-refractivity contribution is 7.18. The fourth-order valence-electron chi connectivity index (χ4n) is 3.18. The molecule has 0 bridgehead atoms. The van der Waals surface area contributed by atoms with Crippen LogP contribution < -0.4 is 11.0 Å². The lowest BCUT2D eigenvalue weighted by atomic mass is 10.1. The average Bonchev–Trinajstić information content (AvgIpc) is 2.89. The Bertz CT molecular complexity index is 889. The monoisotopic (exact) mass is 375 g/mol. The number of carbonyl (C=O) groups excluding carboxylic acids is 1. The van der Waals surface area contributed by atoms with E-state index in [0.29, 0.717) is 16.0 Å². The van der Waals surface area contributed by atoms with Gasteiger partial charge in [-0.2, -0.15) is 5.10 Å². The largest absolute Gasteiger partial charge is 0.309 e. The van der Waals surface area contributed by atoms with Gasteiger partial charge in [0, 0.05) is 36.5 Å². The number of nitrogens with zero attached hydrogens (tertiary/aromatic N) is 3. The predicted octanol–water partition coefficient (Wildman–Crippen LogP) is 2.12. The third-order valence-corrected chi connectivity index (χ3v) is 5.83. The second kappa shape index (κ2) is 8.09. The summed E-state index contributed by atoms with van der Waals surface area (Å²) in [7, 11) is 0. The molecule has 0 aliphatic carbocycles. The average molecular weight is 375 g/mol. The van der Waals surface area contributed by atoms with E-state index in [0.717, 1.165) is 55.0 Å². The van der Waals surface area contributed by atoms with Gasteiger partial charge in [-0.05, 0) is 32.4 Å². The summed E-state index contributed by atoms with van der Waals surface area (Å²) in [4.78, 5) is 35.7.